The summed E-state index contributed by atoms with van der Waals surface area (Å²) in [6.07, 6.45) is -1.11. The molecular weight excluding hydrogens is 569 g/mol. The summed E-state index contributed by atoms with van der Waals surface area (Å²) in [7, 11) is -10.4. The number of alkyl halides is 3. The molecule has 1 atom stereocenters. The summed E-state index contributed by atoms with van der Waals surface area (Å²) in [4.78, 5) is 11.8. The maximum Gasteiger partial charge on any atom is 0.501 e. The van der Waals surface area contributed by atoms with Crippen LogP contribution in [0.15, 0.2) is 63.2 Å². The van der Waals surface area contributed by atoms with Gasteiger partial charge in [-0.25, -0.2) is 31.1 Å². The minimum Gasteiger partial charge on any atom is -0.465 e. The molecule has 0 bridgehead atoms. The van der Waals surface area contributed by atoms with E-state index in [0.717, 1.165) is 17.0 Å². The minimum atomic E-state index is -5.94. The predicted molar refractivity (Wildman–Crippen MR) is 136 cm³/mol. The number of nitrogens with one attached hydrogen (secondary N) is 1. The van der Waals surface area contributed by atoms with Crippen LogP contribution in [0.3, 0.4) is 0 Å². The lowest BCUT2D eigenvalue weighted by atomic mass is 9.83. The molecule has 1 fully saturated rings. The number of nitrogens with two attached hydrogens (primary N) is 1. The molecule has 4 N–H and O–H groups in total. The normalized spacial score (nSPS) is 17.8. The summed E-state index contributed by atoms with van der Waals surface area (Å²) in [5, 5.41) is 17.3. The Labute approximate surface area is 223 Å². The fourth-order valence-corrected chi connectivity index (χ4v) is 6.69. The lowest BCUT2D eigenvalue weighted by molar-refractivity contribution is -0.0435. The third kappa shape index (κ3) is 6.72. The van der Waals surface area contributed by atoms with Crippen LogP contribution in [0.2, 0.25) is 0 Å². The van der Waals surface area contributed by atoms with E-state index >= 15 is 0 Å². The Hall–Kier alpha value is -2.53. The molecule has 0 saturated carbocycles. The van der Waals surface area contributed by atoms with E-state index in [-0.39, 0.29) is 19.6 Å². The van der Waals surface area contributed by atoms with E-state index in [2.05, 4.69) is 5.32 Å². The van der Waals surface area contributed by atoms with Crippen LogP contribution >= 0.6 is 11.9 Å². The number of piperazine rings is 1. The van der Waals surface area contributed by atoms with Crippen molar-refractivity contribution < 1.29 is 39.9 Å². The molecule has 0 aliphatic carbocycles. The number of carbonyl (C=O) groups is 1. The van der Waals surface area contributed by atoms with Crippen molar-refractivity contribution in [2.45, 2.75) is 40.1 Å². The zero-order chi connectivity index (χ0) is 28.5. The van der Waals surface area contributed by atoms with Crippen LogP contribution in [0.4, 0.5) is 23.7 Å². The van der Waals surface area contributed by atoms with Crippen LogP contribution in [0, 0.1) is 5.41 Å². The average molecular weight is 597 g/mol. The zero-order valence-corrected chi connectivity index (χ0v) is 22.8. The smallest absolute Gasteiger partial charge is 0.465 e. The molecule has 1 saturated heterocycles. The number of amides is 1. The average Bonchev–Trinajstić information content (AvgIpc) is 2.82. The lowest BCUT2D eigenvalue weighted by Gasteiger charge is -2.47. The summed E-state index contributed by atoms with van der Waals surface area (Å²) in [5.74, 6) is 0. The molecule has 0 spiro atoms. The fraction of sp³-hybridized carbons (Fsp3) is 0.409. The molecule has 1 aliphatic heterocycles. The van der Waals surface area contributed by atoms with E-state index in [1.54, 1.807) is 13.8 Å². The molecule has 2 aromatic rings. The molecule has 1 aliphatic rings. The fourth-order valence-electron chi connectivity index (χ4n) is 3.92. The number of hydrogen-bond donors (Lipinski definition) is 3. The molecule has 210 valence electrons. The molecule has 10 nitrogen and oxygen atoms in total. The number of hydrogen-bond acceptors (Lipinski definition) is 8. The first-order valence-corrected chi connectivity index (χ1v) is 14.9. The Morgan fingerprint density at radius 1 is 1.11 bits per heavy atom. The van der Waals surface area contributed by atoms with Crippen LogP contribution in [-0.2, 0) is 19.9 Å². The van der Waals surface area contributed by atoms with E-state index in [4.69, 9.17) is 5.14 Å². The van der Waals surface area contributed by atoms with E-state index in [1.807, 2.05) is 34.6 Å². The number of sulfonamides is 1. The van der Waals surface area contributed by atoms with Crippen molar-refractivity contribution in [2.24, 2.45) is 10.6 Å². The highest BCUT2D eigenvalue weighted by Crippen LogP contribution is 2.38. The third-order valence-electron chi connectivity index (χ3n) is 6.08. The van der Waals surface area contributed by atoms with Gasteiger partial charge >= 0.3 is 11.6 Å². The highest BCUT2D eigenvalue weighted by molar-refractivity contribution is 7.97. The van der Waals surface area contributed by atoms with E-state index in [0.29, 0.717) is 12.6 Å². The second-order valence-electron chi connectivity index (χ2n) is 9.28. The number of primary sulfonamides is 1. The highest BCUT2D eigenvalue weighted by atomic mass is 32.2. The molecule has 38 heavy (non-hydrogen) atoms. The standard InChI is InChI=1S/C22H27F3N4O6S3/c1-21(2,19-13-28(20(30)31)10-11-29(19)36-15-6-4-3-5-7-15)14-27-17-9-8-16(38(26,34)35)12-18(17)37(32,33)22(23,24)25/h3-9,12,19,27H,10-11,13-14H2,1-2H3,(H,30,31)(H2,26,34,35)/t19-/m0/s1. The van der Waals surface area contributed by atoms with Gasteiger partial charge in [0.2, 0.25) is 10.0 Å². The highest BCUT2D eigenvalue weighted by Gasteiger charge is 2.48. The van der Waals surface area contributed by atoms with Gasteiger partial charge in [0, 0.05) is 42.5 Å². The molecule has 0 unspecified atom stereocenters. The van der Waals surface area contributed by atoms with Crippen LogP contribution in [0.1, 0.15) is 13.8 Å². The van der Waals surface area contributed by atoms with Gasteiger partial charge in [-0.3, -0.25) is 0 Å². The van der Waals surface area contributed by atoms with Crippen molar-refractivity contribution in [1.82, 2.24) is 9.21 Å². The topological polar surface area (TPSA) is 150 Å². The largest absolute Gasteiger partial charge is 0.501 e. The van der Waals surface area contributed by atoms with Crippen LogP contribution in [-0.4, -0.2) is 75.0 Å². The van der Waals surface area contributed by atoms with Gasteiger partial charge in [0.25, 0.3) is 9.84 Å². The third-order valence-corrected chi connectivity index (χ3v) is 9.67. The Bertz CT molecular complexity index is 1390. The molecule has 1 amide bonds. The number of halogens is 3. The van der Waals surface area contributed by atoms with E-state index in [9.17, 15) is 39.9 Å². The summed E-state index contributed by atoms with van der Waals surface area (Å²) >= 11 is 1.41. The summed E-state index contributed by atoms with van der Waals surface area (Å²) in [5.41, 5.74) is -6.96. The number of benzene rings is 2. The SMILES string of the molecule is CC(C)(CNc1ccc(S(N)(=O)=O)cc1S(=O)(=O)C(F)(F)F)[C@@H]1CN(C(=O)O)CCN1Sc1ccccc1. The minimum absolute atomic E-state index is 0.0773. The van der Waals surface area contributed by atoms with Crippen molar-refractivity contribution in [3.8, 4) is 0 Å². The van der Waals surface area contributed by atoms with Gasteiger partial charge in [-0.2, -0.15) is 13.2 Å². The number of nitrogens with zero attached hydrogens (tertiary/aromatic N) is 2. The van der Waals surface area contributed by atoms with Crippen LogP contribution in [0.5, 0.6) is 0 Å². The molecule has 16 heteroatoms. The first-order valence-electron chi connectivity index (χ1n) is 11.1. The van der Waals surface area contributed by atoms with Crippen molar-refractivity contribution >= 4 is 43.6 Å². The van der Waals surface area contributed by atoms with Gasteiger partial charge in [0.05, 0.1) is 10.6 Å². The zero-order valence-electron chi connectivity index (χ0n) is 20.3. The molecule has 3 rings (SSSR count). The molecule has 1 heterocycles. The Kier molecular flexibility index (Phi) is 8.62. The van der Waals surface area contributed by atoms with E-state index < -0.39 is 58.4 Å². The van der Waals surface area contributed by atoms with Crippen LogP contribution < -0.4 is 10.5 Å². The Balaban J connectivity index is 1.95. The summed E-state index contributed by atoms with van der Waals surface area (Å²) < 4.78 is 90.1. The van der Waals surface area contributed by atoms with Gasteiger partial charge in [0.1, 0.15) is 4.90 Å². The first kappa shape index (κ1) is 30.0. The molecule has 0 aromatic heterocycles. The predicted octanol–water partition coefficient (Wildman–Crippen LogP) is 3.44. The second-order valence-corrected chi connectivity index (χ2v) is 13.9. The van der Waals surface area contributed by atoms with Gasteiger partial charge in [0.15, 0.2) is 0 Å². The van der Waals surface area contributed by atoms with Gasteiger partial charge in [-0.1, -0.05) is 32.0 Å². The Morgan fingerprint density at radius 3 is 2.29 bits per heavy atom. The summed E-state index contributed by atoms with van der Waals surface area (Å²) in [6, 6.07) is 11.1. The van der Waals surface area contributed by atoms with Crippen molar-refractivity contribution in [3.63, 3.8) is 0 Å². The number of rotatable bonds is 8. The first-order chi connectivity index (χ1) is 17.4. The van der Waals surface area contributed by atoms with Crippen molar-refractivity contribution in [3.05, 3.63) is 48.5 Å². The monoisotopic (exact) mass is 596 g/mol. The maximum absolute atomic E-state index is 13.4. The molecule has 2 aromatic carbocycles. The van der Waals surface area contributed by atoms with E-state index in [1.165, 1.54) is 16.8 Å². The second kappa shape index (κ2) is 10.9. The Morgan fingerprint density at radius 2 is 1.74 bits per heavy atom. The van der Waals surface area contributed by atoms with Crippen molar-refractivity contribution in [2.75, 3.05) is 31.5 Å². The lowest BCUT2D eigenvalue weighted by Crippen LogP contribution is -2.58. The summed E-state index contributed by atoms with van der Waals surface area (Å²) in [6.45, 7) is 4.18. The number of carboxylic acid groups (broad SMARTS) is 1. The molecular formula is C22H27F3N4O6S3. The van der Waals surface area contributed by atoms with Gasteiger partial charge in [-0.05, 0) is 42.3 Å². The van der Waals surface area contributed by atoms with Crippen LogP contribution in [0.25, 0.3) is 0 Å². The number of anilines is 1. The number of sulfone groups is 1. The van der Waals surface area contributed by atoms with Gasteiger partial charge < -0.3 is 15.3 Å². The van der Waals surface area contributed by atoms with Crippen molar-refractivity contribution in [1.29, 1.82) is 0 Å². The maximum atomic E-state index is 13.4. The quantitative estimate of drug-likeness (QED) is 0.390. The molecule has 0 radical (unpaired) electrons. The van der Waals surface area contributed by atoms with Gasteiger partial charge in [-0.15, -0.1) is 0 Å².